The molecule has 30 heavy (non-hydrogen) atoms. The number of likely N-dealkylation sites (tertiary alicyclic amines) is 1. The lowest BCUT2D eigenvalue weighted by atomic mass is 9.92. The van der Waals surface area contributed by atoms with Gasteiger partial charge >= 0.3 is 0 Å². The van der Waals surface area contributed by atoms with Crippen LogP contribution in [0.25, 0.3) is 0 Å². The van der Waals surface area contributed by atoms with Crippen LogP contribution in [-0.4, -0.2) is 38.9 Å². The number of carbonyl (C=O) groups excluding carboxylic acids is 1. The Morgan fingerprint density at radius 2 is 1.73 bits per heavy atom. The van der Waals surface area contributed by atoms with Crippen LogP contribution in [0, 0.1) is 5.92 Å². The minimum atomic E-state index is -3.69. The Morgan fingerprint density at radius 3 is 2.37 bits per heavy atom. The average molecular weight is 469 g/mol. The summed E-state index contributed by atoms with van der Waals surface area (Å²) in [6.07, 6.45) is 2.27. The van der Waals surface area contributed by atoms with Crippen molar-refractivity contribution in [1.82, 2.24) is 9.62 Å². The lowest BCUT2D eigenvalue weighted by molar-refractivity contribution is -0.134. The van der Waals surface area contributed by atoms with E-state index in [0.29, 0.717) is 22.4 Å². The summed E-state index contributed by atoms with van der Waals surface area (Å²) in [6, 6.07) is 13.2. The molecule has 1 heterocycles. The van der Waals surface area contributed by atoms with Crippen molar-refractivity contribution in [2.24, 2.45) is 5.92 Å². The molecule has 8 heteroatoms. The zero-order chi connectivity index (χ0) is 21.7. The highest BCUT2D eigenvalue weighted by molar-refractivity contribution is 7.89. The number of rotatable bonds is 7. The lowest BCUT2D eigenvalue weighted by Crippen LogP contribution is -2.41. The maximum atomic E-state index is 13.3. The van der Waals surface area contributed by atoms with Crippen molar-refractivity contribution in [2.75, 3.05) is 19.6 Å². The number of hydrogen-bond acceptors (Lipinski definition) is 3. The van der Waals surface area contributed by atoms with Crippen LogP contribution >= 0.6 is 23.2 Å². The molecule has 0 radical (unpaired) electrons. The molecule has 0 saturated carbocycles. The first kappa shape index (κ1) is 23.1. The Labute approximate surface area is 188 Å². The van der Waals surface area contributed by atoms with Gasteiger partial charge in [-0.1, -0.05) is 48.3 Å². The largest absolute Gasteiger partial charge is 0.342 e. The molecule has 1 unspecified atom stereocenters. The summed E-state index contributed by atoms with van der Waals surface area (Å²) < 4.78 is 27.7. The first-order chi connectivity index (χ1) is 14.3. The van der Waals surface area contributed by atoms with Crippen molar-refractivity contribution in [3.63, 3.8) is 0 Å². The van der Waals surface area contributed by atoms with Crippen molar-refractivity contribution in [1.29, 1.82) is 0 Å². The van der Waals surface area contributed by atoms with Crippen molar-refractivity contribution in [2.45, 2.75) is 37.0 Å². The molecule has 3 rings (SSSR count). The fourth-order valence-electron chi connectivity index (χ4n) is 3.65. The lowest BCUT2D eigenvalue weighted by Gasteiger charge is -2.33. The molecule has 0 spiro atoms. The van der Waals surface area contributed by atoms with Crippen molar-refractivity contribution >= 4 is 39.1 Å². The van der Waals surface area contributed by atoms with Crippen LogP contribution in [-0.2, 0) is 14.8 Å². The fraction of sp³-hybridized carbons (Fsp3) is 0.409. The summed E-state index contributed by atoms with van der Waals surface area (Å²) in [6.45, 7) is 3.75. The predicted molar refractivity (Wildman–Crippen MR) is 120 cm³/mol. The van der Waals surface area contributed by atoms with E-state index in [4.69, 9.17) is 23.2 Å². The maximum absolute atomic E-state index is 13.3. The number of carbonyl (C=O) groups is 1. The van der Waals surface area contributed by atoms with Crippen LogP contribution in [0.5, 0.6) is 0 Å². The van der Waals surface area contributed by atoms with E-state index in [0.717, 1.165) is 31.5 Å². The Kier molecular flexibility index (Phi) is 7.80. The van der Waals surface area contributed by atoms with E-state index in [1.54, 1.807) is 6.07 Å². The molecule has 1 amide bonds. The summed E-state index contributed by atoms with van der Waals surface area (Å²) in [5, 5.41) is 0.982. The molecular weight excluding hydrogens is 443 g/mol. The Balaban J connectivity index is 1.73. The first-order valence-electron chi connectivity index (χ1n) is 10.1. The van der Waals surface area contributed by atoms with Gasteiger partial charge in [-0.2, -0.15) is 0 Å². The molecule has 0 bridgehead atoms. The van der Waals surface area contributed by atoms with Gasteiger partial charge in [0.1, 0.15) is 0 Å². The highest BCUT2D eigenvalue weighted by Gasteiger charge is 2.29. The topological polar surface area (TPSA) is 66.5 Å². The van der Waals surface area contributed by atoms with E-state index in [1.165, 1.54) is 24.3 Å². The normalized spacial score (nSPS) is 16.4. The second kappa shape index (κ2) is 10.1. The highest BCUT2D eigenvalue weighted by Crippen LogP contribution is 2.30. The molecule has 0 aromatic heterocycles. The smallest absolute Gasteiger partial charge is 0.240 e. The first-order valence-corrected chi connectivity index (χ1v) is 12.3. The summed E-state index contributed by atoms with van der Waals surface area (Å²) >= 11 is 12.2. The van der Waals surface area contributed by atoms with Gasteiger partial charge in [0.25, 0.3) is 0 Å². The number of benzene rings is 2. The molecule has 2 aromatic rings. The van der Waals surface area contributed by atoms with Gasteiger partial charge in [0.15, 0.2) is 0 Å². The number of sulfonamides is 1. The summed E-state index contributed by atoms with van der Waals surface area (Å²) in [7, 11) is -3.69. The quantitative estimate of drug-likeness (QED) is 0.639. The molecule has 162 valence electrons. The minimum absolute atomic E-state index is 0.000640. The monoisotopic (exact) mass is 468 g/mol. The molecule has 1 atom stereocenters. The number of hydrogen-bond donors (Lipinski definition) is 1. The predicted octanol–water partition coefficient (Wildman–Crippen LogP) is 4.70. The van der Waals surface area contributed by atoms with Crippen molar-refractivity contribution in [3.8, 4) is 0 Å². The number of amides is 1. The summed E-state index contributed by atoms with van der Waals surface area (Å²) in [5.41, 5.74) is 0.730. The van der Waals surface area contributed by atoms with Gasteiger partial charge in [0.2, 0.25) is 15.9 Å². The molecular formula is C22H26Cl2N2O3S. The SMILES string of the molecule is CC1CCN(C(=O)C(CCNS(=O)(=O)c2ccc(Cl)cc2)c2ccccc2Cl)CC1. The zero-order valence-electron chi connectivity index (χ0n) is 16.9. The molecule has 1 saturated heterocycles. The van der Waals surface area contributed by atoms with E-state index < -0.39 is 15.9 Å². The minimum Gasteiger partial charge on any atom is -0.342 e. The van der Waals surface area contributed by atoms with Gasteiger partial charge in [-0.15, -0.1) is 0 Å². The molecule has 1 aliphatic rings. The average Bonchev–Trinajstić information content (AvgIpc) is 2.72. The van der Waals surface area contributed by atoms with Crippen LogP contribution in [0.1, 0.15) is 37.7 Å². The molecule has 0 aliphatic carbocycles. The van der Waals surface area contributed by atoms with Gasteiger partial charge in [0, 0.05) is 29.7 Å². The van der Waals surface area contributed by atoms with E-state index >= 15 is 0 Å². The van der Waals surface area contributed by atoms with Crippen LogP contribution in [0.2, 0.25) is 10.0 Å². The Morgan fingerprint density at radius 1 is 1.10 bits per heavy atom. The molecule has 2 aromatic carbocycles. The standard InChI is InChI=1S/C22H26Cl2N2O3S/c1-16-11-14-26(15-12-16)22(27)20(19-4-2-3-5-21(19)24)10-13-25-30(28,29)18-8-6-17(23)7-9-18/h2-9,16,20,25H,10-15H2,1H3. The van der Waals surface area contributed by atoms with Gasteiger partial charge in [-0.25, -0.2) is 13.1 Å². The maximum Gasteiger partial charge on any atom is 0.240 e. The van der Waals surface area contributed by atoms with E-state index in [2.05, 4.69) is 11.6 Å². The second-order valence-electron chi connectivity index (χ2n) is 7.72. The van der Waals surface area contributed by atoms with E-state index in [9.17, 15) is 13.2 Å². The highest BCUT2D eigenvalue weighted by atomic mass is 35.5. The van der Waals surface area contributed by atoms with Crippen LogP contribution in [0.4, 0.5) is 0 Å². The number of nitrogens with zero attached hydrogens (tertiary/aromatic N) is 1. The third-order valence-electron chi connectivity index (χ3n) is 5.52. The second-order valence-corrected chi connectivity index (χ2v) is 10.3. The summed E-state index contributed by atoms with van der Waals surface area (Å²) in [5.74, 6) is 0.111. The van der Waals surface area contributed by atoms with Crippen LogP contribution in [0.3, 0.4) is 0 Å². The third-order valence-corrected chi connectivity index (χ3v) is 7.60. The molecule has 1 N–H and O–H groups in total. The molecule has 5 nitrogen and oxygen atoms in total. The fourth-order valence-corrected chi connectivity index (χ4v) is 5.09. The zero-order valence-corrected chi connectivity index (χ0v) is 19.2. The van der Waals surface area contributed by atoms with Crippen LogP contribution in [0.15, 0.2) is 53.4 Å². The van der Waals surface area contributed by atoms with Crippen LogP contribution < -0.4 is 4.72 Å². The number of halogens is 2. The van der Waals surface area contributed by atoms with Gasteiger partial charge in [-0.05, 0) is 61.1 Å². The van der Waals surface area contributed by atoms with E-state index in [1.807, 2.05) is 23.1 Å². The van der Waals surface area contributed by atoms with E-state index in [-0.39, 0.29) is 17.3 Å². The molecule has 1 fully saturated rings. The third kappa shape index (κ3) is 5.76. The Hall–Kier alpha value is -1.60. The van der Waals surface area contributed by atoms with Gasteiger partial charge in [0.05, 0.1) is 10.8 Å². The van der Waals surface area contributed by atoms with Gasteiger partial charge < -0.3 is 4.90 Å². The van der Waals surface area contributed by atoms with Crippen molar-refractivity contribution in [3.05, 3.63) is 64.1 Å². The summed E-state index contributed by atoms with van der Waals surface area (Å²) in [4.78, 5) is 15.3. The van der Waals surface area contributed by atoms with Crippen molar-refractivity contribution < 1.29 is 13.2 Å². The number of piperidine rings is 1. The molecule has 1 aliphatic heterocycles. The number of nitrogens with one attached hydrogen (secondary N) is 1. The van der Waals surface area contributed by atoms with Gasteiger partial charge in [-0.3, -0.25) is 4.79 Å². The Bertz CT molecular complexity index is 972.